The zero-order chi connectivity index (χ0) is 21.8. The molecule has 0 saturated heterocycles. The Hall–Kier alpha value is -4.07. The van der Waals surface area contributed by atoms with Crippen molar-refractivity contribution in [3.63, 3.8) is 0 Å². The van der Waals surface area contributed by atoms with Crippen molar-refractivity contribution in [1.29, 1.82) is 0 Å². The number of nitrogens with one attached hydrogen (secondary N) is 1. The van der Waals surface area contributed by atoms with Gasteiger partial charge in [-0.1, -0.05) is 12.1 Å². The maximum Gasteiger partial charge on any atom is 0.251 e. The van der Waals surface area contributed by atoms with Crippen LogP contribution < -0.4 is 10.1 Å². The van der Waals surface area contributed by atoms with Crippen molar-refractivity contribution in [3.05, 3.63) is 95.9 Å². The second-order valence-electron chi connectivity index (χ2n) is 6.84. The Balaban J connectivity index is 1.49. The molecule has 0 radical (unpaired) electrons. The smallest absolute Gasteiger partial charge is 0.251 e. The van der Waals surface area contributed by atoms with Crippen LogP contribution in [0, 0.1) is 11.6 Å². The van der Waals surface area contributed by atoms with Gasteiger partial charge in [0.2, 0.25) is 0 Å². The summed E-state index contributed by atoms with van der Waals surface area (Å²) >= 11 is 0. The number of hydrogen-bond acceptors (Lipinski definition) is 4. The second kappa shape index (κ2) is 8.74. The molecule has 0 atom stereocenters. The summed E-state index contributed by atoms with van der Waals surface area (Å²) in [6.45, 7) is 0.214. The molecule has 156 valence electrons. The molecule has 2 aromatic carbocycles. The van der Waals surface area contributed by atoms with Crippen molar-refractivity contribution in [3.8, 4) is 22.8 Å². The Kier molecular flexibility index (Phi) is 5.70. The Morgan fingerprint density at radius 1 is 1.10 bits per heavy atom. The molecular weight excluding hydrogens is 402 g/mol. The van der Waals surface area contributed by atoms with Crippen molar-refractivity contribution in [2.45, 2.75) is 6.54 Å². The van der Waals surface area contributed by atoms with E-state index in [9.17, 15) is 13.6 Å². The minimum atomic E-state index is -0.602. The highest BCUT2D eigenvalue weighted by Crippen LogP contribution is 2.28. The Labute approximate surface area is 177 Å². The third-order valence-electron chi connectivity index (χ3n) is 4.52. The van der Waals surface area contributed by atoms with E-state index in [-0.39, 0.29) is 23.7 Å². The SMILES string of the molecule is Cn1cc(-c2cc(Oc3cc(C(=O)NCc4ccc(F)cc4)ccc3F)ccn2)cn1. The maximum absolute atomic E-state index is 14.3. The number of aromatic nitrogens is 3. The van der Waals surface area contributed by atoms with Crippen LogP contribution >= 0.6 is 0 Å². The lowest BCUT2D eigenvalue weighted by molar-refractivity contribution is 0.0950. The molecule has 0 saturated carbocycles. The molecule has 2 heterocycles. The highest BCUT2D eigenvalue weighted by molar-refractivity contribution is 5.94. The monoisotopic (exact) mass is 420 g/mol. The number of carbonyl (C=O) groups excluding carboxylic acids is 1. The summed E-state index contributed by atoms with van der Waals surface area (Å²) in [6, 6.07) is 12.9. The predicted molar refractivity (Wildman–Crippen MR) is 110 cm³/mol. The van der Waals surface area contributed by atoms with E-state index in [0.717, 1.165) is 11.1 Å². The quantitative estimate of drug-likeness (QED) is 0.499. The van der Waals surface area contributed by atoms with Crippen LogP contribution in [-0.2, 0) is 13.6 Å². The molecule has 0 spiro atoms. The van der Waals surface area contributed by atoms with Crippen molar-refractivity contribution < 1.29 is 18.3 Å². The molecule has 2 aromatic heterocycles. The van der Waals surface area contributed by atoms with Crippen molar-refractivity contribution in [2.24, 2.45) is 7.05 Å². The molecule has 0 aliphatic rings. The minimum absolute atomic E-state index is 0.0854. The highest BCUT2D eigenvalue weighted by Gasteiger charge is 2.13. The van der Waals surface area contributed by atoms with E-state index in [1.807, 2.05) is 0 Å². The van der Waals surface area contributed by atoms with Gasteiger partial charge in [0.15, 0.2) is 11.6 Å². The number of ether oxygens (including phenoxy) is 1. The first-order valence-electron chi connectivity index (χ1n) is 9.43. The molecular formula is C23H18F2N4O2. The van der Waals surface area contributed by atoms with Crippen LogP contribution in [0.25, 0.3) is 11.3 Å². The second-order valence-corrected chi connectivity index (χ2v) is 6.84. The summed E-state index contributed by atoms with van der Waals surface area (Å²) in [5.74, 6) is -1.07. The molecule has 0 bridgehead atoms. The lowest BCUT2D eigenvalue weighted by Crippen LogP contribution is -2.22. The van der Waals surface area contributed by atoms with E-state index in [0.29, 0.717) is 11.4 Å². The molecule has 4 aromatic rings. The first-order chi connectivity index (χ1) is 15.0. The van der Waals surface area contributed by atoms with Gasteiger partial charge in [-0.15, -0.1) is 0 Å². The lowest BCUT2D eigenvalue weighted by Gasteiger charge is -2.10. The zero-order valence-corrected chi connectivity index (χ0v) is 16.5. The summed E-state index contributed by atoms with van der Waals surface area (Å²) in [6.07, 6.45) is 5.02. The van der Waals surface area contributed by atoms with E-state index in [2.05, 4.69) is 15.4 Å². The fourth-order valence-corrected chi connectivity index (χ4v) is 2.92. The fraction of sp³-hybridized carbons (Fsp3) is 0.0870. The molecule has 0 aliphatic carbocycles. The third-order valence-corrected chi connectivity index (χ3v) is 4.52. The molecule has 31 heavy (non-hydrogen) atoms. The average Bonchev–Trinajstić information content (AvgIpc) is 3.21. The van der Waals surface area contributed by atoms with Crippen LogP contribution in [0.15, 0.2) is 73.2 Å². The number of nitrogens with zero attached hydrogens (tertiary/aromatic N) is 3. The van der Waals surface area contributed by atoms with Crippen LogP contribution in [0.1, 0.15) is 15.9 Å². The fourth-order valence-electron chi connectivity index (χ4n) is 2.92. The number of benzene rings is 2. The van der Waals surface area contributed by atoms with Gasteiger partial charge in [0.05, 0.1) is 11.9 Å². The van der Waals surface area contributed by atoms with Gasteiger partial charge in [-0.25, -0.2) is 8.78 Å². The number of amides is 1. The maximum atomic E-state index is 14.3. The van der Waals surface area contributed by atoms with Gasteiger partial charge < -0.3 is 10.1 Å². The van der Waals surface area contributed by atoms with E-state index >= 15 is 0 Å². The summed E-state index contributed by atoms with van der Waals surface area (Å²) < 4.78 is 34.6. The normalized spacial score (nSPS) is 10.7. The standard InChI is InChI=1S/C23H18F2N4O2/c1-29-14-17(13-28-29)21-11-19(8-9-26-21)31-22-10-16(4-7-20(22)25)23(30)27-12-15-2-5-18(24)6-3-15/h2-11,13-14H,12H2,1H3,(H,27,30). The van der Waals surface area contributed by atoms with E-state index in [1.54, 1.807) is 54.6 Å². The Morgan fingerprint density at radius 3 is 2.65 bits per heavy atom. The highest BCUT2D eigenvalue weighted by atomic mass is 19.1. The van der Waals surface area contributed by atoms with Gasteiger partial charge in [0, 0.05) is 43.2 Å². The minimum Gasteiger partial charge on any atom is -0.454 e. The molecule has 0 aliphatic heterocycles. The van der Waals surface area contributed by atoms with Crippen LogP contribution in [0.5, 0.6) is 11.5 Å². The number of hydrogen-bond donors (Lipinski definition) is 1. The van der Waals surface area contributed by atoms with Gasteiger partial charge in [-0.2, -0.15) is 5.10 Å². The van der Waals surface area contributed by atoms with Crippen LogP contribution in [0.2, 0.25) is 0 Å². The van der Waals surface area contributed by atoms with Crippen molar-refractivity contribution in [2.75, 3.05) is 0 Å². The number of rotatable bonds is 6. The number of aryl methyl sites for hydroxylation is 1. The molecule has 6 nitrogen and oxygen atoms in total. The van der Waals surface area contributed by atoms with E-state index < -0.39 is 11.7 Å². The Bertz CT molecular complexity index is 1220. The lowest BCUT2D eigenvalue weighted by atomic mass is 10.1. The topological polar surface area (TPSA) is 69.0 Å². The van der Waals surface area contributed by atoms with Gasteiger partial charge in [0.25, 0.3) is 5.91 Å². The van der Waals surface area contributed by atoms with Crippen LogP contribution in [-0.4, -0.2) is 20.7 Å². The van der Waals surface area contributed by atoms with Crippen molar-refractivity contribution >= 4 is 5.91 Å². The molecule has 1 amide bonds. The number of carbonyl (C=O) groups is 1. The third kappa shape index (κ3) is 4.92. The van der Waals surface area contributed by atoms with Crippen LogP contribution in [0.3, 0.4) is 0 Å². The van der Waals surface area contributed by atoms with Crippen LogP contribution in [0.4, 0.5) is 8.78 Å². The zero-order valence-electron chi connectivity index (χ0n) is 16.5. The molecule has 0 unspecified atom stereocenters. The first-order valence-corrected chi connectivity index (χ1v) is 9.43. The number of pyridine rings is 1. The Morgan fingerprint density at radius 2 is 1.90 bits per heavy atom. The summed E-state index contributed by atoms with van der Waals surface area (Å²) in [5.41, 5.74) is 2.40. The largest absolute Gasteiger partial charge is 0.454 e. The van der Waals surface area contributed by atoms with E-state index in [1.165, 1.54) is 30.3 Å². The van der Waals surface area contributed by atoms with Gasteiger partial charge >= 0.3 is 0 Å². The van der Waals surface area contributed by atoms with Gasteiger partial charge in [-0.05, 0) is 42.0 Å². The average molecular weight is 420 g/mol. The predicted octanol–water partition coefficient (Wildman–Crippen LogP) is 4.48. The molecule has 4 rings (SSSR count). The summed E-state index contributed by atoms with van der Waals surface area (Å²) in [4.78, 5) is 16.7. The summed E-state index contributed by atoms with van der Waals surface area (Å²) in [7, 11) is 1.80. The molecule has 0 fully saturated rings. The summed E-state index contributed by atoms with van der Waals surface area (Å²) in [5, 5.41) is 6.83. The van der Waals surface area contributed by atoms with Crippen molar-refractivity contribution in [1.82, 2.24) is 20.1 Å². The first kappa shape index (κ1) is 20.2. The molecule has 1 N–H and O–H groups in total. The number of halogens is 2. The van der Waals surface area contributed by atoms with Gasteiger partial charge in [-0.3, -0.25) is 14.5 Å². The van der Waals surface area contributed by atoms with Gasteiger partial charge in [0.1, 0.15) is 11.6 Å². The van der Waals surface area contributed by atoms with E-state index in [4.69, 9.17) is 4.74 Å². The molecule has 8 heteroatoms.